The maximum atomic E-state index is 13.0. The van der Waals surface area contributed by atoms with Crippen LogP contribution in [-0.4, -0.2) is 17.6 Å². The van der Waals surface area contributed by atoms with Crippen LogP contribution in [0.4, 0.5) is 8.78 Å². The Hall–Kier alpha value is -1.04. The lowest BCUT2D eigenvalue weighted by Crippen LogP contribution is -2.15. The summed E-state index contributed by atoms with van der Waals surface area (Å²) in [5.74, 6) is -3.80. The number of aromatic nitrogens is 1. The van der Waals surface area contributed by atoms with Crippen molar-refractivity contribution in [3.8, 4) is 0 Å². The number of ether oxygens (including phenoxy) is 1. The number of carbonyl (C=O) groups is 1. The van der Waals surface area contributed by atoms with Crippen molar-refractivity contribution in [3.63, 3.8) is 0 Å². The lowest BCUT2D eigenvalue weighted by atomic mass is 10.2. The van der Waals surface area contributed by atoms with E-state index in [4.69, 9.17) is 4.74 Å². The minimum atomic E-state index is -3.08. The summed E-state index contributed by atoms with van der Waals surface area (Å²) in [4.78, 5) is 15.0. The van der Waals surface area contributed by atoms with Gasteiger partial charge in [-0.25, -0.2) is 9.78 Å². The summed E-state index contributed by atoms with van der Waals surface area (Å²) in [5, 5.41) is 0. The standard InChI is InChI=1S/C10H10BrF2NO2/c1-3-16-9(15)8-6(11)4-5-7(14-8)10(2,12)13/h4-5H,3H2,1-2H3. The molecule has 0 saturated heterocycles. The van der Waals surface area contributed by atoms with Crippen LogP contribution in [0.15, 0.2) is 16.6 Å². The molecular weight excluding hydrogens is 284 g/mol. The fourth-order valence-corrected chi connectivity index (χ4v) is 1.41. The number of rotatable bonds is 3. The fraction of sp³-hybridized carbons (Fsp3) is 0.400. The molecule has 0 N–H and O–H groups in total. The van der Waals surface area contributed by atoms with Crippen LogP contribution < -0.4 is 0 Å². The van der Waals surface area contributed by atoms with E-state index in [1.54, 1.807) is 6.92 Å². The second-order valence-electron chi connectivity index (χ2n) is 3.14. The summed E-state index contributed by atoms with van der Waals surface area (Å²) in [6, 6.07) is 2.51. The van der Waals surface area contributed by atoms with Crippen LogP contribution >= 0.6 is 15.9 Å². The van der Waals surface area contributed by atoms with Crippen LogP contribution in [0, 0.1) is 0 Å². The maximum absolute atomic E-state index is 13.0. The molecule has 0 radical (unpaired) electrons. The number of pyridine rings is 1. The smallest absolute Gasteiger partial charge is 0.358 e. The van der Waals surface area contributed by atoms with Gasteiger partial charge < -0.3 is 4.74 Å². The van der Waals surface area contributed by atoms with Gasteiger partial charge in [0, 0.05) is 6.92 Å². The number of hydrogen-bond acceptors (Lipinski definition) is 3. The highest BCUT2D eigenvalue weighted by molar-refractivity contribution is 9.10. The van der Waals surface area contributed by atoms with Crippen molar-refractivity contribution >= 4 is 21.9 Å². The fourth-order valence-electron chi connectivity index (χ4n) is 1.03. The third-order valence-electron chi connectivity index (χ3n) is 1.76. The molecule has 0 aliphatic rings. The Balaban J connectivity index is 3.14. The molecule has 0 fully saturated rings. The Bertz CT molecular complexity index is 404. The molecule has 0 unspecified atom stereocenters. The predicted molar refractivity (Wildman–Crippen MR) is 57.5 cm³/mol. The summed E-state index contributed by atoms with van der Waals surface area (Å²) in [6.07, 6.45) is 0. The lowest BCUT2D eigenvalue weighted by Gasteiger charge is -2.11. The summed E-state index contributed by atoms with van der Waals surface area (Å²) in [5.41, 5.74) is -0.598. The molecule has 6 heteroatoms. The minimum Gasteiger partial charge on any atom is -0.461 e. The van der Waals surface area contributed by atoms with Crippen molar-refractivity contribution in [1.29, 1.82) is 0 Å². The average molecular weight is 294 g/mol. The van der Waals surface area contributed by atoms with Crippen molar-refractivity contribution in [2.24, 2.45) is 0 Å². The van der Waals surface area contributed by atoms with Crippen LogP contribution in [0.5, 0.6) is 0 Å². The van der Waals surface area contributed by atoms with Gasteiger partial charge in [0.2, 0.25) is 0 Å². The van der Waals surface area contributed by atoms with Gasteiger partial charge in [0.05, 0.1) is 11.1 Å². The SMILES string of the molecule is CCOC(=O)c1nc(C(C)(F)F)ccc1Br. The summed E-state index contributed by atoms with van der Waals surface area (Å²) >= 11 is 3.06. The molecule has 88 valence electrons. The van der Waals surface area contributed by atoms with Crippen LogP contribution in [0.1, 0.15) is 30.0 Å². The highest BCUT2D eigenvalue weighted by Crippen LogP contribution is 2.27. The lowest BCUT2D eigenvalue weighted by molar-refractivity contribution is 0.0123. The summed E-state index contributed by atoms with van der Waals surface area (Å²) in [6.45, 7) is 2.52. The van der Waals surface area contributed by atoms with Gasteiger partial charge in [-0.05, 0) is 35.0 Å². The number of nitrogens with zero attached hydrogens (tertiary/aromatic N) is 1. The first-order chi connectivity index (χ1) is 7.36. The van der Waals surface area contributed by atoms with Gasteiger partial charge in [-0.3, -0.25) is 0 Å². The second kappa shape index (κ2) is 4.86. The van der Waals surface area contributed by atoms with Crippen molar-refractivity contribution in [2.45, 2.75) is 19.8 Å². The van der Waals surface area contributed by atoms with Gasteiger partial charge in [-0.2, -0.15) is 8.78 Å². The van der Waals surface area contributed by atoms with Crippen LogP contribution in [0.25, 0.3) is 0 Å². The van der Waals surface area contributed by atoms with Crippen LogP contribution in [0.3, 0.4) is 0 Å². The van der Waals surface area contributed by atoms with Crippen molar-refractivity contribution in [1.82, 2.24) is 4.98 Å². The van der Waals surface area contributed by atoms with E-state index in [1.807, 2.05) is 0 Å². The first-order valence-corrected chi connectivity index (χ1v) is 5.37. The highest BCUT2D eigenvalue weighted by Gasteiger charge is 2.28. The molecule has 1 heterocycles. The molecular formula is C10H10BrF2NO2. The molecule has 0 aliphatic heterocycles. The Morgan fingerprint density at radius 1 is 1.56 bits per heavy atom. The monoisotopic (exact) mass is 293 g/mol. The van der Waals surface area contributed by atoms with Gasteiger partial charge >= 0.3 is 5.97 Å². The van der Waals surface area contributed by atoms with E-state index in [2.05, 4.69) is 20.9 Å². The third kappa shape index (κ3) is 2.98. The largest absolute Gasteiger partial charge is 0.461 e. The van der Waals surface area contributed by atoms with Crippen LogP contribution in [-0.2, 0) is 10.7 Å². The quantitative estimate of drug-likeness (QED) is 0.804. The molecule has 3 nitrogen and oxygen atoms in total. The molecule has 0 bridgehead atoms. The molecule has 1 aromatic heterocycles. The van der Waals surface area contributed by atoms with Gasteiger partial charge in [-0.1, -0.05) is 0 Å². The van der Waals surface area contributed by atoms with Gasteiger partial charge in [0.15, 0.2) is 5.69 Å². The topological polar surface area (TPSA) is 39.2 Å². The third-order valence-corrected chi connectivity index (χ3v) is 2.40. The molecule has 0 atom stereocenters. The Morgan fingerprint density at radius 2 is 2.19 bits per heavy atom. The molecule has 16 heavy (non-hydrogen) atoms. The molecule has 0 aromatic carbocycles. The van der Waals surface area contributed by atoms with Gasteiger partial charge in [0.1, 0.15) is 5.69 Å². The van der Waals surface area contributed by atoms with E-state index < -0.39 is 17.6 Å². The zero-order chi connectivity index (χ0) is 12.3. The van der Waals surface area contributed by atoms with E-state index in [0.29, 0.717) is 4.47 Å². The molecule has 1 rings (SSSR count). The number of esters is 1. The normalized spacial score (nSPS) is 11.3. The van der Waals surface area contributed by atoms with Gasteiger partial charge in [-0.15, -0.1) is 0 Å². The first kappa shape index (κ1) is 13.0. The first-order valence-electron chi connectivity index (χ1n) is 4.58. The van der Waals surface area contributed by atoms with E-state index in [9.17, 15) is 13.6 Å². The molecule has 0 saturated carbocycles. The predicted octanol–water partition coefficient (Wildman–Crippen LogP) is 3.13. The summed E-state index contributed by atoms with van der Waals surface area (Å²) < 4.78 is 31.0. The highest BCUT2D eigenvalue weighted by atomic mass is 79.9. The van der Waals surface area contributed by atoms with Gasteiger partial charge in [0.25, 0.3) is 5.92 Å². The Labute approximate surface area is 99.9 Å². The number of hydrogen-bond donors (Lipinski definition) is 0. The zero-order valence-electron chi connectivity index (χ0n) is 8.76. The van der Waals surface area contributed by atoms with Crippen molar-refractivity contribution in [3.05, 3.63) is 28.0 Å². The molecule has 0 aliphatic carbocycles. The van der Waals surface area contributed by atoms with E-state index in [1.165, 1.54) is 6.07 Å². The van der Waals surface area contributed by atoms with Crippen molar-refractivity contribution < 1.29 is 18.3 Å². The molecule has 1 aromatic rings. The Kier molecular flexibility index (Phi) is 3.96. The van der Waals surface area contributed by atoms with E-state index in [0.717, 1.165) is 13.0 Å². The Morgan fingerprint density at radius 3 is 2.69 bits per heavy atom. The average Bonchev–Trinajstić information content (AvgIpc) is 2.16. The van der Waals surface area contributed by atoms with E-state index >= 15 is 0 Å². The van der Waals surface area contributed by atoms with Crippen LogP contribution in [0.2, 0.25) is 0 Å². The number of alkyl halides is 2. The summed E-state index contributed by atoms with van der Waals surface area (Å²) in [7, 11) is 0. The van der Waals surface area contributed by atoms with E-state index in [-0.39, 0.29) is 12.3 Å². The second-order valence-corrected chi connectivity index (χ2v) is 3.99. The maximum Gasteiger partial charge on any atom is 0.358 e. The van der Waals surface area contributed by atoms with Crippen molar-refractivity contribution in [2.75, 3.05) is 6.61 Å². The minimum absolute atomic E-state index is 0.138. The molecule has 0 amide bonds. The zero-order valence-corrected chi connectivity index (χ0v) is 10.3. The molecule has 0 spiro atoms. The number of halogens is 3. The number of carbonyl (C=O) groups excluding carboxylic acids is 1.